The maximum absolute atomic E-state index is 11.7. The Balaban J connectivity index is 2.50. The Bertz CT molecular complexity index is 345. The molecule has 18 heavy (non-hydrogen) atoms. The molecule has 0 aromatic heterocycles. The first-order valence-corrected chi connectivity index (χ1v) is 6.99. The maximum Gasteiger partial charge on any atom is 0.309 e. The van der Waals surface area contributed by atoms with Gasteiger partial charge in [-0.15, -0.1) is 11.8 Å². The van der Waals surface area contributed by atoms with Crippen LogP contribution in [0.2, 0.25) is 0 Å². The lowest BCUT2D eigenvalue weighted by Crippen LogP contribution is -2.31. The first-order chi connectivity index (χ1) is 8.45. The van der Waals surface area contributed by atoms with E-state index in [2.05, 4.69) is 5.32 Å². The predicted molar refractivity (Wildman–Crippen MR) is 69.0 cm³/mol. The number of esters is 1. The van der Waals surface area contributed by atoms with Crippen molar-refractivity contribution in [2.75, 3.05) is 12.9 Å². The summed E-state index contributed by atoms with van der Waals surface area (Å²) < 4.78 is 4.71. The average molecular weight is 273 g/mol. The van der Waals surface area contributed by atoms with E-state index in [4.69, 9.17) is 4.74 Å². The second-order valence-electron chi connectivity index (χ2n) is 4.42. The highest BCUT2D eigenvalue weighted by Gasteiger charge is 2.39. The number of carbonyl (C=O) groups is 3. The van der Waals surface area contributed by atoms with Crippen molar-refractivity contribution in [2.24, 2.45) is 11.8 Å². The van der Waals surface area contributed by atoms with Gasteiger partial charge < -0.3 is 10.1 Å². The van der Waals surface area contributed by atoms with Crippen molar-refractivity contribution in [2.45, 2.75) is 32.1 Å². The van der Waals surface area contributed by atoms with Crippen molar-refractivity contribution >= 4 is 29.4 Å². The second kappa shape index (κ2) is 6.78. The molecule has 1 rings (SSSR count). The molecule has 0 bridgehead atoms. The third kappa shape index (κ3) is 4.01. The Kier molecular flexibility index (Phi) is 5.65. The summed E-state index contributed by atoms with van der Waals surface area (Å²) in [7, 11) is 1.34. The van der Waals surface area contributed by atoms with Crippen molar-refractivity contribution in [3.63, 3.8) is 0 Å². The molecule has 0 aromatic carbocycles. The molecule has 0 aliphatic heterocycles. The smallest absolute Gasteiger partial charge is 0.309 e. The van der Waals surface area contributed by atoms with Crippen LogP contribution in [0.5, 0.6) is 0 Å². The molecular weight excluding hydrogens is 254 g/mol. The van der Waals surface area contributed by atoms with Gasteiger partial charge in [0.1, 0.15) is 5.78 Å². The van der Waals surface area contributed by atoms with Crippen LogP contribution in [0.4, 0.5) is 0 Å². The molecule has 3 atom stereocenters. The summed E-state index contributed by atoms with van der Waals surface area (Å²) in [4.78, 5) is 34.1. The minimum Gasteiger partial charge on any atom is -0.469 e. The number of rotatable bonds is 5. The number of amides is 1. The molecule has 3 unspecified atom stereocenters. The number of hydrogen-bond donors (Lipinski definition) is 1. The van der Waals surface area contributed by atoms with Gasteiger partial charge in [-0.2, -0.15) is 0 Å². The van der Waals surface area contributed by atoms with E-state index >= 15 is 0 Å². The number of thioether (sulfide) groups is 1. The first-order valence-electron chi connectivity index (χ1n) is 5.95. The first kappa shape index (κ1) is 15.0. The molecule has 5 nitrogen and oxygen atoms in total. The van der Waals surface area contributed by atoms with Gasteiger partial charge in [0.05, 0.1) is 18.4 Å². The lowest BCUT2D eigenvalue weighted by molar-refractivity contribution is -0.147. The predicted octanol–water partition coefficient (Wildman–Crippen LogP) is 0.970. The summed E-state index contributed by atoms with van der Waals surface area (Å²) in [6.07, 6.45) is 1.02. The molecule has 6 heteroatoms. The SMILES string of the molecule is COC(=O)C1CCC(=O)C1CSC(C)NC(C)=O. The van der Waals surface area contributed by atoms with E-state index in [9.17, 15) is 14.4 Å². The zero-order chi connectivity index (χ0) is 13.7. The van der Waals surface area contributed by atoms with Gasteiger partial charge >= 0.3 is 5.97 Å². The van der Waals surface area contributed by atoms with Crippen molar-refractivity contribution in [3.05, 3.63) is 0 Å². The number of ketones is 1. The third-order valence-electron chi connectivity index (χ3n) is 3.04. The molecule has 102 valence electrons. The molecule has 1 saturated carbocycles. The quantitative estimate of drug-likeness (QED) is 0.597. The highest BCUT2D eigenvalue weighted by molar-refractivity contribution is 7.99. The van der Waals surface area contributed by atoms with Gasteiger partial charge in [0.2, 0.25) is 5.91 Å². The summed E-state index contributed by atoms with van der Waals surface area (Å²) in [5, 5.41) is 2.68. The lowest BCUT2D eigenvalue weighted by Gasteiger charge is -2.18. The normalized spacial score (nSPS) is 24.7. The molecule has 0 spiro atoms. The molecule has 1 amide bonds. The van der Waals surface area contributed by atoms with Crippen molar-refractivity contribution < 1.29 is 19.1 Å². The summed E-state index contributed by atoms with van der Waals surface area (Å²) in [6, 6.07) is 0. The average Bonchev–Trinajstić information content (AvgIpc) is 2.66. The van der Waals surface area contributed by atoms with Gasteiger partial charge in [0.15, 0.2) is 0 Å². The Morgan fingerprint density at radius 3 is 2.78 bits per heavy atom. The van der Waals surface area contributed by atoms with Crippen LogP contribution in [-0.4, -0.2) is 35.9 Å². The molecule has 1 N–H and O–H groups in total. The molecule has 0 saturated heterocycles. The molecule has 1 fully saturated rings. The minimum atomic E-state index is -0.320. The van der Waals surface area contributed by atoms with Crippen molar-refractivity contribution in [1.29, 1.82) is 0 Å². The van der Waals surface area contributed by atoms with Crippen LogP contribution in [0.25, 0.3) is 0 Å². The summed E-state index contributed by atoms with van der Waals surface area (Å²) in [5.74, 6) is -0.345. The fourth-order valence-electron chi connectivity index (χ4n) is 2.13. The van der Waals surface area contributed by atoms with Crippen LogP contribution in [0, 0.1) is 11.8 Å². The molecule has 0 aromatic rings. The number of ether oxygens (including phenoxy) is 1. The number of nitrogens with one attached hydrogen (secondary N) is 1. The van der Waals surface area contributed by atoms with Gasteiger partial charge in [-0.3, -0.25) is 14.4 Å². The number of hydrogen-bond acceptors (Lipinski definition) is 5. The van der Waals surface area contributed by atoms with Gasteiger partial charge in [-0.1, -0.05) is 0 Å². The largest absolute Gasteiger partial charge is 0.469 e. The van der Waals surface area contributed by atoms with E-state index in [1.807, 2.05) is 6.92 Å². The van der Waals surface area contributed by atoms with Crippen LogP contribution >= 0.6 is 11.8 Å². The van der Waals surface area contributed by atoms with E-state index in [0.717, 1.165) is 0 Å². The summed E-state index contributed by atoms with van der Waals surface area (Å²) in [5.41, 5.74) is 0. The van der Waals surface area contributed by atoms with Crippen molar-refractivity contribution in [3.8, 4) is 0 Å². The number of Topliss-reactive ketones (excluding diaryl/α,β-unsaturated/α-hetero) is 1. The van der Waals surface area contributed by atoms with Crippen molar-refractivity contribution in [1.82, 2.24) is 5.32 Å². The van der Waals surface area contributed by atoms with Crippen LogP contribution in [0.1, 0.15) is 26.7 Å². The van der Waals surface area contributed by atoms with E-state index in [1.54, 1.807) is 0 Å². The Morgan fingerprint density at radius 1 is 1.56 bits per heavy atom. The topological polar surface area (TPSA) is 72.5 Å². The van der Waals surface area contributed by atoms with Crippen LogP contribution in [-0.2, 0) is 19.1 Å². The highest BCUT2D eigenvalue weighted by atomic mass is 32.2. The fraction of sp³-hybridized carbons (Fsp3) is 0.750. The molecule has 0 radical (unpaired) electrons. The van der Waals surface area contributed by atoms with Gasteiger partial charge in [-0.25, -0.2) is 0 Å². The standard InChI is InChI=1S/C12H19NO4S/c1-7(14)13-8(2)18-6-10-9(12(16)17-3)4-5-11(10)15/h8-10H,4-6H2,1-3H3,(H,13,14). The Hall–Kier alpha value is -1.04. The van der Waals surface area contributed by atoms with Gasteiger partial charge in [-0.05, 0) is 13.3 Å². The van der Waals surface area contributed by atoms with Gasteiger partial charge in [0, 0.05) is 25.0 Å². The minimum absolute atomic E-state index is 0.0609. The monoisotopic (exact) mass is 273 g/mol. The van der Waals surface area contributed by atoms with Gasteiger partial charge in [0.25, 0.3) is 0 Å². The Morgan fingerprint density at radius 2 is 2.22 bits per heavy atom. The lowest BCUT2D eigenvalue weighted by atomic mass is 9.98. The van der Waals surface area contributed by atoms with Crippen LogP contribution in [0.15, 0.2) is 0 Å². The number of methoxy groups -OCH3 is 1. The zero-order valence-corrected chi connectivity index (χ0v) is 11.7. The van der Waals surface area contributed by atoms with E-state index in [-0.39, 0.29) is 34.9 Å². The molecule has 1 aliphatic rings. The zero-order valence-electron chi connectivity index (χ0n) is 10.9. The second-order valence-corrected chi connectivity index (χ2v) is 5.79. The third-order valence-corrected chi connectivity index (χ3v) is 4.21. The van der Waals surface area contributed by atoms with Crippen LogP contribution < -0.4 is 5.32 Å². The summed E-state index contributed by atoms with van der Waals surface area (Å²) >= 11 is 1.48. The van der Waals surface area contributed by atoms with Crippen LogP contribution in [0.3, 0.4) is 0 Å². The number of carbonyl (C=O) groups excluding carboxylic acids is 3. The molecule has 0 heterocycles. The molecular formula is C12H19NO4S. The van der Waals surface area contributed by atoms with E-state index < -0.39 is 0 Å². The summed E-state index contributed by atoms with van der Waals surface area (Å²) in [6.45, 7) is 3.31. The van der Waals surface area contributed by atoms with E-state index in [1.165, 1.54) is 25.8 Å². The fourth-order valence-corrected chi connectivity index (χ4v) is 3.29. The Labute approximate surface area is 111 Å². The van der Waals surface area contributed by atoms with E-state index in [0.29, 0.717) is 18.6 Å². The highest BCUT2D eigenvalue weighted by Crippen LogP contribution is 2.33. The maximum atomic E-state index is 11.7. The molecule has 1 aliphatic carbocycles.